The molecule has 10 heteroatoms. The first-order valence-corrected chi connectivity index (χ1v) is 12.0. The van der Waals surface area contributed by atoms with E-state index in [2.05, 4.69) is 15.6 Å². The van der Waals surface area contributed by atoms with Gasteiger partial charge >= 0.3 is 5.97 Å². The molecule has 0 aliphatic rings. The minimum atomic E-state index is -0.706. The van der Waals surface area contributed by atoms with E-state index in [0.29, 0.717) is 13.0 Å². The number of carboxylic acid groups (broad SMARTS) is 1. The molecule has 0 unspecified atom stereocenters. The summed E-state index contributed by atoms with van der Waals surface area (Å²) in [4.78, 5) is 22.0. The van der Waals surface area contributed by atoms with Crippen molar-refractivity contribution in [1.82, 2.24) is 20.3 Å². The third kappa shape index (κ3) is 10.8. The van der Waals surface area contributed by atoms with Crippen molar-refractivity contribution in [2.75, 3.05) is 6.67 Å². The van der Waals surface area contributed by atoms with Crippen LogP contribution in [0.2, 0.25) is 0 Å². The molecular formula is C24H38N6O4. The van der Waals surface area contributed by atoms with E-state index in [1.165, 1.54) is 12.8 Å². The van der Waals surface area contributed by atoms with Crippen molar-refractivity contribution in [3.63, 3.8) is 0 Å². The Morgan fingerprint density at radius 2 is 1.68 bits per heavy atom. The smallest absolute Gasteiger partial charge is 0.303 e. The zero-order chi connectivity index (χ0) is 24.6. The van der Waals surface area contributed by atoms with Crippen LogP contribution in [0.5, 0.6) is 5.75 Å². The number of amides is 1. The highest BCUT2D eigenvalue weighted by molar-refractivity contribution is 5.80. The molecule has 2 aromatic rings. The van der Waals surface area contributed by atoms with Crippen LogP contribution >= 0.6 is 0 Å². The molecule has 2 rings (SSSR count). The molecule has 1 aromatic carbocycles. The number of carbonyl (C=O) groups is 2. The first-order valence-electron chi connectivity index (χ1n) is 12.0. The van der Waals surface area contributed by atoms with Gasteiger partial charge in [-0.1, -0.05) is 55.9 Å². The second-order valence-electron chi connectivity index (χ2n) is 8.42. The fourth-order valence-corrected chi connectivity index (χ4v) is 3.71. The summed E-state index contributed by atoms with van der Waals surface area (Å²) in [6, 6.07) is 7.05. The molecule has 0 spiro atoms. The first kappa shape index (κ1) is 27.3. The van der Waals surface area contributed by atoms with Crippen LogP contribution in [0.3, 0.4) is 0 Å². The number of primary amides is 1. The second-order valence-corrected chi connectivity index (χ2v) is 8.42. The molecule has 10 nitrogen and oxygen atoms in total. The predicted molar refractivity (Wildman–Crippen MR) is 129 cm³/mol. The monoisotopic (exact) mass is 474 g/mol. The van der Waals surface area contributed by atoms with Crippen molar-refractivity contribution in [3.8, 4) is 5.75 Å². The molecule has 1 amide bonds. The summed E-state index contributed by atoms with van der Waals surface area (Å²) in [6.45, 7) is 1.37. The van der Waals surface area contributed by atoms with Crippen molar-refractivity contribution in [3.05, 3.63) is 41.7 Å². The van der Waals surface area contributed by atoms with Crippen LogP contribution in [0.15, 0.2) is 30.5 Å². The topological polar surface area (TPSA) is 158 Å². The highest BCUT2D eigenvalue weighted by Crippen LogP contribution is 2.16. The number of aromatic nitrogens is 3. The predicted octanol–water partition coefficient (Wildman–Crippen LogP) is 2.35. The number of carboxylic acids is 1. The summed E-state index contributed by atoms with van der Waals surface area (Å²) in [5.41, 5.74) is 12.7. The van der Waals surface area contributed by atoms with Gasteiger partial charge in [-0.3, -0.25) is 14.9 Å². The Balaban J connectivity index is 1.64. The largest absolute Gasteiger partial charge is 0.487 e. The van der Waals surface area contributed by atoms with Gasteiger partial charge in [0.05, 0.1) is 17.9 Å². The van der Waals surface area contributed by atoms with Crippen molar-refractivity contribution >= 4 is 11.9 Å². The van der Waals surface area contributed by atoms with E-state index in [-0.39, 0.29) is 13.1 Å². The number of nitrogens with one attached hydrogen (secondary N) is 1. The van der Waals surface area contributed by atoms with E-state index in [4.69, 9.17) is 21.3 Å². The number of rotatable bonds is 19. The Kier molecular flexibility index (Phi) is 12.7. The van der Waals surface area contributed by atoms with Gasteiger partial charge in [0.15, 0.2) is 0 Å². The number of nitrogens with two attached hydrogens (primary N) is 2. The van der Waals surface area contributed by atoms with Crippen LogP contribution in [0, 0.1) is 0 Å². The van der Waals surface area contributed by atoms with E-state index in [1.807, 2.05) is 28.9 Å². The molecule has 0 fully saturated rings. The van der Waals surface area contributed by atoms with E-state index >= 15 is 0 Å². The van der Waals surface area contributed by atoms with Crippen LogP contribution in [0.1, 0.15) is 69.0 Å². The molecular weight excluding hydrogens is 436 g/mol. The van der Waals surface area contributed by atoms with Crippen LogP contribution in [0.4, 0.5) is 0 Å². The summed E-state index contributed by atoms with van der Waals surface area (Å²) < 4.78 is 7.77. The normalized spacial score (nSPS) is 11.9. The van der Waals surface area contributed by atoms with Crippen molar-refractivity contribution < 1.29 is 19.4 Å². The maximum Gasteiger partial charge on any atom is 0.303 e. The molecule has 0 bridgehead atoms. The molecule has 0 aliphatic heterocycles. The Hall–Kier alpha value is -2.98. The van der Waals surface area contributed by atoms with Gasteiger partial charge in [-0.2, -0.15) is 0 Å². The van der Waals surface area contributed by atoms with E-state index in [1.54, 1.807) is 6.20 Å². The van der Waals surface area contributed by atoms with Gasteiger partial charge in [-0.25, -0.2) is 4.68 Å². The van der Waals surface area contributed by atoms with Gasteiger partial charge in [0.25, 0.3) is 0 Å². The van der Waals surface area contributed by atoms with Gasteiger partial charge < -0.3 is 21.3 Å². The van der Waals surface area contributed by atoms with Crippen molar-refractivity contribution in [1.29, 1.82) is 0 Å². The van der Waals surface area contributed by atoms with Crippen molar-refractivity contribution in [2.24, 2.45) is 11.5 Å². The van der Waals surface area contributed by atoms with Crippen LogP contribution < -0.4 is 21.5 Å². The van der Waals surface area contributed by atoms with Crippen LogP contribution in [-0.4, -0.2) is 44.7 Å². The average Bonchev–Trinajstić information content (AvgIpc) is 3.26. The number of ether oxygens (including phenoxy) is 1. The van der Waals surface area contributed by atoms with Crippen LogP contribution in [-0.2, 0) is 29.2 Å². The van der Waals surface area contributed by atoms with E-state index < -0.39 is 17.9 Å². The Labute approximate surface area is 201 Å². The summed E-state index contributed by atoms with van der Waals surface area (Å²) in [7, 11) is 0. The lowest BCUT2D eigenvalue weighted by atomic mass is 10.1. The van der Waals surface area contributed by atoms with Gasteiger partial charge in [0.1, 0.15) is 12.4 Å². The average molecular weight is 475 g/mol. The minimum absolute atomic E-state index is 0.187. The minimum Gasteiger partial charge on any atom is -0.487 e. The van der Waals surface area contributed by atoms with Gasteiger partial charge in [-0.05, 0) is 37.0 Å². The highest BCUT2D eigenvalue weighted by atomic mass is 16.5. The zero-order valence-electron chi connectivity index (χ0n) is 19.8. The number of hydrogen-bond acceptors (Lipinski definition) is 7. The van der Waals surface area contributed by atoms with E-state index in [9.17, 15) is 9.59 Å². The zero-order valence-corrected chi connectivity index (χ0v) is 19.8. The van der Waals surface area contributed by atoms with Gasteiger partial charge in [0, 0.05) is 19.6 Å². The fraction of sp³-hybridized carbons (Fsp3) is 0.583. The van der Waals surface area contributed by atoms with Crippen LogP contribution in [0.25, 0.3) is 0 Å². The molecule has 1 atom stereocenters. The quantitative estimate of drug-likeness (QED) is 0.178. The number of hydrogen-bond donors (Lipinski definition) is 4. The lowest BCUT2D eigenvalue weighted by molar-refractivity contribution is -0.137. The Bertz CT molecular complexity index is 855. The summed E-state index contributed by atoms with van der Waals surface area (Å²) in [6.07, 6.45) is 11.0. The highest BCUT2D eigenvalue weighted by Gasteiger charge is 2.14. The number of nitrogens with zero attached hydrogens (tertiary/aromatic N) is 3. The third-order valence-electron chi connectivity index (χ3n) is 5.67. The fourth-order valence-electron chi connectivity index (χ4n) is 3.71. The number of carbonyl (C=O) groups excluding carboxylic acids is 1. The molecule has 34 heavy (non-hydrogen) atoms. The molecule has 6 N–H and O–H groups in total. The maximum atomic E-state index is 11.5. The lowest BCUT2D eigenvalue weighted by Gasteiger charge is -2.14. The van der Waals surface area contributed by atoms with E-state index in [0.717, 1.165) is 62.1 Å². The summed E-state index contributed by atoms with van der Waals surface area (Å²) >= 11 is 0. The Morgan fingerprint density at radius 1 is 1.03 bits per heavy atom. The molecule has 0 radical (unpaired) electrons. The van der Waals surface area contributed by atoms with Gasteiger partial charge in [-0.15, -0.1) is 5.10 Å². The maximum absolute atomic E-state index is 11.5. The summed E-state index contributed by atoms with van der Waals surface area (Å²) in [5.74, 6) is -0.413. The van der Waals surface area contributed by atoms with Gasteiger partial charge in [0.2, 0.25) is 5.91 Å². The number of aryl methyl sites for hydroxylation is 1. The first-order chi connectivity index (χ1) is 16.5. The Morgan fingerprint density at radius 3 is 2.29 bits per heavy atom. The third-order valence-corrected chi connectivity index (χ3v) is 5.67. The molecule has 0 aliphatic carbocycles. The molecule has 1 heterocycles. The molecule has 0 saturated carbocycles. The molecule has 0 saturated heterocycles. The lowest BCUT2D eigenvalue weighted by Crippen LogP contribution is -2.45. The molecule has 1 aromatic heterocycles. The molecule has 188 valence electrons. The van der Waals surface area contributed by atoms with Crippen molar-refractivity contribution in [2.45, 2.75) is 83.4 Å². The number of benzene rings is 1. The standard InChI is InChI=1S/C24H38N6O4/c25-18-27-22(24(26)33)15-19-10-12-21(13-11-19)34-17-20-16-28-29-30(20)14-8-6-4-2-1-3-5-7-9-23(31)32/h10-13,16,22,27H,1-9,14-15,17-18,25H2,(H2,26,33)(H,31,32)/t22-/m0/s1. The number of unbranched alkanes of at least 4 members (excludes halogenated alkanes) is 7. The summed E-state index contributed by atoms with van der Waals surface area (Å²) in [5, 5.41) is 19.7. The SMILES string of the molecule is NCN[C@@H](Cc1ccc(OCc2cnnn2CCCCCCCCCCC(=O)O)cc1)C(N)=O. The number of aliphatic carboxylic acids is 1. The second kappa shape index (κ2) is 15.8.